The zero-order valence-corrected chi connectivity index (χ0v) is 19.0. The summed E-state index contributed by atoms with van der Waals surface area (Å²) in [5, 5.41) is 5.66. The molecule has 35 heavy (non-hydrogen) atoms. The number of ether oxygens (including phenoxy) is 1. The Kier molecular flexibility index (Phi) is 8.39. The van der Waals surface area contributed by atoms with Gasteiger partial charge in [0.2, 0.25) is 5.91 Å². The summed E-state index contributed by atoms with van der Waals surface area (Å²) in [4.78, 5) is 16.1. The topological polar surface area (TPSA) is 63.2 Å². The van der Waals surface area contributed by atoms with Crippen LogP contribution in [0.4, 0.5) is 22.0 Å². The fourth-order valence-electron chi connectivity index (χ4n) is 3.62. The number of methoxy groups -OCH3 is 1. The molecular weight excluding hydrogens is 469 g/mol. The van der Waals surface area contributed by atoms with Gasteiger partial charge in [-0.3, -0.25) is 15.1 Å². The smallest absolute Gasteiger partial charge is 0.433 e. The summed E-state index contributed by atoms with van der Waals surface area (Å²) in [7, 11) is 2.84. The third kappa shape index (κ3) is 6.75. The summed E-state index contributed by atoms with van der Waals surface area (Å²) in [6, 6.07) is 10.1. The van der Waals surface area contributed by atoms with Gasteiger partial charge in [-0.15, -0.1) is 0 Å². The second-order valence-electron chi connectivity index (χ2n) is 7.79. The molecule has 1 aromatic heterocycles. The van der Waals surface area contributed by atoms with E-state index >= 15 is 0 Å². The van der Waals surface area contributed by atoms with Crippen LogP contribution in [0.2, 0.25) is 0 Å². The van der Waals surface area contributed by atoms with Gasteiger partial charge in [-0.05, 0) is 48.2 Å². The molecule has 1 heterocycles. The molecule has 0 bridgehead atoms. The van der Waals surface area contributed by atoms with Crippen LogP contribution in [0.25, 0.3) is 0 Å². The average molecular weight is 493 g/mol. The normalized spacial score (nSPS) is 13.2. The lowest BCUT2D eigenvalue weighted by atomic mass is 9.96. The van der Waals surface area contributed by atoms with Gasteiger partial charge >= 0.3 is 6.18 Å². The predicted molar refractivity (Wildman–Crippen MR) is 120 cm³/mol. The molecule has 0 aliphatic carbocycles. The molecule has 0 saturated heterocycles. The number of likely N-dealkylation sites (N-methyl/N-ethyl adjacent to an activating group) is 1. The van der Waals surface area contributed by atoms with E-state index in [-0.39, 0.29) is 18.4 Å². The van der Waals surface area contributed by atoms with Crippen LogP contribution in [-0.2, 0) is 17.4 Å². The molecular formula is C25H24F5N3O2. The first-order valence-corrected chi connectivity index (χ1v) is 10.7. The van der Waals surface area contributed by atoms with Crippen molar-refractivity contribution in [3.63, 3.8) is 0 Å². The first-order chi connectivity index (χ1) is 16.6. The number of amides is 1. The molecule has 2 atom stereocenters. The number of halogens is 5. The maximum absolute atomic E-state index is 15.0. The van der Waals surface area contributed by atoms with Crippen molar-refractivity contribution in [3.05, 3.63) is 94.8 Å². The van der Waals surface area contributed by atoms with Gasteiger partial charge in [0.05, 0.1) is 7.11 Å². The van der Waals surface area contributed by atoms with Gasteiger partial charge in [0.1, 0.15) is 29.1 Å². The highest BCUT2D eigenvalue weighted by Gasteiger charge is 2.32. The van der Waals surface area contributed by atoms with Crippen molar-refractivity contribution in [1.82, 2.24) is 15.6 Å². The Morgan fingerprint density at radius 3 is 2.31 bits per heavy atom. The third-order valence-electron chi connectivity index (χ3n) is 5.50. The summed E-state index contributed by atoms with van der Waals surface area (Å²) >= 11 is 0. The molecule has 0 aliphatic rings. The van der Waals surface area contributed by atoms with Crippen LogP contribution in [0.3, 0.4) is 0 Å². The van der Waals surface area contributed by atoms with Gasteiger partial charge in [-0.2, -0.15) is 13.2 Å². The molecule has 0 radical (unpaired) electrons. The molecule has 186 valence electrons. The van der Waals surface area contributed by atoms with E-state index in [0.717, 1.165) is 12.3 Å². The van der Waals surface area contributed by atoms with E-state index in [1.807, 2.05) is 0 Å². The van der Waals surface area contributed by atoms with Crippen molar-refractivity contribution in [2.24, 2.45) is 0 Å². The maximum Gasteiger partial charge on any atom is 0.433 e. The van der Waals surface area contributed by atoms with Gasteiger partial charge < -0.3 is 10.1 Å². The number of aromatic nitrogens is 1. The monoisotopic (exact) mass is 493 g/mol. The number of pyridine rings is 1. The quantitative estimate of drug-likeness (QED) is 0.406. The maximum atomic E-state index is 15.0. The Labute approximate surface area is 199 Å². The van der Waals surface area contributed by atoms with Crippen LogP contribution in [0.5, 0.6) is 5.75 Å². The SMILES string of the molecule is CNC(=O)C(NC(CCc1ccc(C(F)(F)F)nc1)c1ccc(OC)cc1F)c1ccc(F)cc1. The number of alkyl halides is 3. The Balaban J connectivity index is 1.91. The van der Waals surface area contributed by atoms with Crippen LogP contribution in [0, 0.1) is 11.6 Å². The Hall–Kier alpha value is -3.53. The number of aryl methyl sites for hydroxylation is 1. The number of hydrogen-bond donors (Lipinski definition) is 2. The highest BCUT2D eigenvalue weighted by molar-refractivity contribution is 5.83. The first kappa shape index (κ1) is 26.1. The van der Waals surface area contributed by atoms with E-state index in [2.05, 4.69) is 15.6 Å². The highest BCUT2D eigenvalue weighted by Crippen LogP contribution is 2.30. The molecule has 10 heteroatoms. The van der Waals surface area contributed by atoms with E-state index in [9.17, 15) is 26.7 Å². The largest absolute Gasteiger partial charge is 0.497 e. The summed E-state index contributed by atoms with van der Waals surface area (Å²) in [5.74, 6) is -1.18. The van der Waals surface area contributed by atoms with Crippen LogP contribution in [0.1, 0.15) is 40.9 Å². The number of benzene rings is 2. The minimum absolute atomic E-state index is 0.227. The average Bonchev–Trinajstić information content (AvgIpc) is 2.84. The standard InChI is InChI=1S/C25H24F5N3O2/c1-31-24(34)23(16-5-7-17(26)8-6-16)33-21(19-10-9-18(35-2)13-20(19)27)11-3-15-4-12-22(32-14-15)25(28,29)30/h4-10,12-14,21,23,33H,3,11H2,1-2H3,(H,31,34). The lowest BCUT2D eigenvalue weighted by molar-refractivity contribution is -0.141. The molecule has 0 fully saturated rings. The molecule has 5 nitrogen and oxygen atoms in total. The van der Waals surface area contributed by atoms with Crippen LogP contribution < -0.4 is 15.4 Å². The van der Waals surface area contributed by atoms with Crippen molar-refractivity contribution in [3.8, 4) is 5.75 Å². The zero-order chi connectivity index (χ0) is 25.6. The van der Waals surface area contributed by atoms with Crippen molar-refractivity contribution in [2.45, 2.75) is 31.1 Å². The molecule has 0 saturated carbocycles. The van der Waals surface area contributed by atoms with Crippen LogP contribution in [0.15, 0.2) is 60.8 Å². The van der Waals surface area contributed by atoms with Crippen molar-refractivity contribution < 1.29 is 31.5 Å². The Bertz CT molecular complexity index is 1140. The number of rotatable bonds is 9. The summed E-state index contributed by atoms with van der Waals surface area (Å²) in [6.45, 7) is 0. The highest BCUT2D eigenvalue weighted by atomic mass is 19.4. The van der Waals surface area contributed by atoms with Gasteiger partial charge in [0.25, 0.3) is 0 Å². The molecule has 0 aliphatic heterocycles. The first-order valence-electron chi connectivity index (χ1n) is 10.7. The Morgan fingerprint density at radius 2 is 1.77 bits per heavy atom. The van der Waals surface area contributed by atoms with Gasteiger partial charge in [0, 0.05) is 30.9 Å². The lowest BCUT2D eigenvalue weighted by Crippen LogP contribution is -2.38. The minimum atomic E-state index is -4.55. The van der Waals surface area contributed by atoms with Crippen molar-refractivity contribution >= 4 is 5.91 Å². The third-order valence-corrected chi connectivity index (χ3v) is 5.50. The van der Waals surface area contributed by atoms with Crippen LogP contribution in [-0.4, -0.2) is 25.0 Å². The lowest BCUT2D eigenvalue weighted by Gasteiger charge is -2.26. The molecule has 1 amide bonds. The molecule has 0 spiro atoms. The summed E-state index contributed by atoms with van der Waals surface area (Å²) < 4.78 is 71.9. The number of hydrogen-bond acceptors (Lipinski definition) is 4. The molecule has 3 rings (SSSR count). The number of nitrogens with zero attached hydrogens (tertiary/aromatic N) is 1. The van der Waals surface area contributed by atoms with Crippen LogP contribution >= 0.6 is 0 Å². The second-order valence-corrected chi connectivity index (χ2v) is 7.79. The molecule has 2 unspecified atom stereocenters. The van der Waals surface area contributed by atoms with Gasteiger partial charge in [-0.1, -0.05) is 24.3 Å². The van der Waals surface area contributed by atoms with E-state index in [4.69, 9.17) is 4.74 Å². The van der Waals surface area contributed by atoms with E-state index < -0.39 is 41.5 Å². The molecule has 3 aromatic rings. The number of carbonyl (C=O) groups excluding carboxylic acids is 1. The summed E-state index contributed by atoms with van der Waals surface area (Å²) in [5.41, 5.74) is 0.202. The van der Waals surface area contributed by atoms with E-state index in [1.165, 1.54) is 56.6 Å². The summed E-state index contributed by atoms with van der Waals surface area (Å²) in [6.07, 6.45) is -2.95. The fourth-order valence-corrected chi connectivity index (χ4v) is 3.62. The minimum Gasteiger partial charge on any atom is -0.497 e. The fraction of sp³-hybridized carbons (Fsp3) is 0.280. The van der Waals surface area contributed by atoms with E-state index in [1.54, 1.807) is 6.07 Å². The molecule has 2 N–H and O–H groups in total. The van der Waals surface area contributed by atoms with Gasteiger partial charge in [0.15, 0.2) is 0 Å². The van der Waals surface area contributed by atoms with Crippen molar-refractivity contribution in [2.75, 3.05) is 14.2 Å². The van der Waals surface area contributed by atoms with Gasteiger partial charge in [-0.25, -0.2) is 8.78 Å². The zero-order valence-electron chi connectivity index (χ0n) is 19.0. The Morgan fingerprint density at radius 1 is 1.06 bits per heavy atom. The number of nitrogens with one attached hydrogen (secondary N) is 2. The second kappa shape index (κ2) is 11.3. The van der Waals surface area contributed by atoms with Crippen molar-refractivity contribution in [1.29, 1.82) is 0 Å². The predicted octanol–water partition coefficient (Wildman–Crippen LogP) is 5.14. The van der Waals surface area contributed by atoms with E-state index in [0.29, 0.717) is 16.9 Å². The molecule has 2 aromatic carbocycles. The number of carbonyl (C=O) groups is 1.